The number of H-pyrrole nitrogens is 1. The minimum atomic E-state index is -0.836. The second kappa shape index (κ2) is 9.37. The Morgan fingerprint density at radius 1 is 1.32 bits per heavy atom. The van der Waals surface area contributed by atoms with Crippen molar-refractivity contribution in [3.05, 3.63) is 33.1 Å². The van der Waals surface area contributed by atoms with Crippen molar-refractivity contribution < 1.29 is 23.5 Å². The third kappa shape index (κ3) is 4.70. The van der Waals surface area contributed by atoms with E-state index in [0.717, 1.165) is 12.8 Å². The summed E-state index contributed by atoms with van der Waals surface area (Å²) in [5.74, 6) is -1.07. The van der Waals surface area contributed by atoms with Crippen LogP contribution in [0.5, 0.6) is 5.88 Å². The van der Waals surface area contributed by atoms with E-state index in [1.54, 1.807) is 4.90 Å². The van der Waals surface area contributed by atoms with E-state index < -0.39 is 39.8 Å². The topological polar surface area (TPSA) is 126 Å². The summed E-state index contributed by atoms with van der Waals surface area (Å²) in [5, 5.41) is 5.74. The number of carbonyl (C=O) groups is 2. The molecular weight excluding hydrogens is 517 g/mol. The third-order valence-corrected chi connectivity index (χ3v) is 7.92. The van der Waals surface area contributed by atoms with E-state index >= 15 is 4.39 Å². The van der Waals surface area contributed by atoms with E-state index in [0.29, 0.717) is 25.1 Å². The zero-order chi connectivity index (χ0) is 27.6. The van der Waals surface area contributed by atoms with Crippen molar-refractivity contribution in [3.8, 4) is 5.88 Å². The van der Waals surface area contributed by atoms with Gasteiger partial charge >= 0.3 is 6.09 Å². The first-order valence-corrected chi connectivity index (χ1v) is 13.3. The quantitative estimate of drug-likeness (QED) is 0.498. The maximum atomic E-state index is 15.1. The predicted molar refractivity (Wildman–Crippen MR) is 139 cm³/mol. The third-order valence-electron chi connectivity index (χ3n) is 7.67. The summed E-state index contributed by atoms with van der Waals surface area (Å²) >= 11 is 6.12. The average molecular weight is 550 g/mol. The molecule has 3 N–H and O–H groups in total. The zero-order valence-corrected chi connectivity index (χ0v) is 22.9. The number of nitrogens with one attached hydrogen (secondary N) is 3. The first-order chi connectivity index (χ1) is 17.8. The van der Waals surface area contributed by atoms with Crippen LogP contribution in [0.1, 0.15) is 72.0 Å². The standard InChI is InChI=1S/C26H33ClFN5O5/c1-12(20-16-8-9-26(5,11-29-20)33(16)24(36)38-25(2,3)4)37-23-18-13(19(28)21(27)32-23)10-15(31-22(18)35)14-6-7-17(34)30-14/h10,12,14,16,20,29H,6-9,11H2,1-5H3,(H,30,34)(H,31,35)/t12-,14?,16-,20+,26+/m0/s1. The monoisotopic (exact) mass is 549 g/mol. The van der Waals surface area contributed by atoms with Crippen LogP contribution in [-0.4, -0.2) is 62.7 Å². The number of piperazine rings is 1. The van der Waals surface area contributed by atoms with E-state index in [1.807, 2.05) is 34.6 Å². The van der Waals surface area contributed by atoms with E-state index in [-0.39, 0.29) is 40.7 Å². The van der Waals surface area contributed by atoms with Crippen LogP contribution >= 0.6 is 11.6 Å². The maximum Gasteiger partial charge on any atom is 0.411 e. The van der Waals surface area contributed by atoms with Gasteiger partial charge in [-0.1, -0.05) is 11.6 Å². The van der Waals surface area contributed by atoms with Crippen LogP contribution in [0.3, 0.4) is 0 Å². The van der Waals surface area contributed by atoms with Crippen molar-refractivity contribution in [2.45, 2.75) is 95.7 Å². The van der Waals surface area contributed by atoms with Crippen molar-refractivity contribution in [1.29, 1.82) is 0 Å². The van der Waals surface area contributed by atoms with Gasteiger partial charge in [-0.05, 0) is 59.9 Å². The number of nitrogens with zero attached hydrogens (tertiary/aromatic N) is 2. The largest absolute Gasteiger partial charge is 0.472 e. The van der Waals surface area contributed by atoms with Crippen LogP contribution in [-0.2, 0) is 9.53 Å². The molecule has 0 aromatic carbocycles. The fourth-order valence-electron chi connectivity index (χ4n) is 5.88. The summed E-state index contributed by atoms with van der Waals surface area (Å²) in [6.07, 6.45) is 1.43. The van der Waals surface area contributed by atoms with E-state index in [4.69, 9.17) is 21.1 Å². The Hall–Kier alpha value is -2.92. The number of carbonyl (C=O) groups excluding carboxylic acids is 2. The number of aromatic amines is 1. The summed E-state index contributed by atoms with van der Waals surface area (Å²) < 4.78 is 27.0. The molecule has 0 radical (unpaired) electrons. The number of pyridine rings is 2. The molecule has 12 heteroatoms. The fraction of sp³-hybridized carbons (Fsp3) is 0.615. The van der Waals surface area contributed by atoms with Crippen LogP contribution in [0.2, 0.25) is 5.15 Å². The molecule has 1 unspecified atom stereocenters. The lowest BCUT2D eigenvalue weighted by molar-refractivity contribution is -0.119. The number of ether oxygens (including phenoxy) is 2. The van der Waals surface area contributed by atoms with Crippen LogP contribution in [0, 0.1) is 5.82 Å². The smallest absolute Gasteiger partial charge is 0.411 e. The van der Waals surface area contributed by atoms with Gasteiger partial charge < -0.3 is 25.1 Å². The average Bonchev–Trinajstić information content (AvgIpc) is 3.35. The number of rotatable bonds is 4. The Kier molecular flexibility index (Phi) is 6.58. The lowest BCUT2D eigenvalue weighted by Crippen LogP contribution is -2.68. The highest BCUT2D eigenvalue weighted by Gasteiger charge is 2.54. The van der Waals surface area contributed by atoms with E-state index in [9.17, 15) is 14.4 Å². The van der Waals surface area contributed by atoms with Gasteiger partial charge in [-0.15, -0.1) is 0 Å². The number of hydrogen-bond acceptors (Lipinski definition) is 7. The summed E-state index contributed by atoms with van der Waals surface area (Å²) in [6, 6.07) is 0.539. The van der Waals surface area contributed by atoms with Gasteiger partial charge in [0.25, 0.3) is 5.56 Å². The molecule has 2 amide bonds. The number of halogens is 2. The molecule has 10 nitrogen and oxygen atoms in total. The normalized spacial score (nSPS) is 27.9. The van der Waals surface area contributed by atoms with Crippen molar-refractivity contribution in [3.63, 3.8) is 0 Å². The molecule has 38 heavy (non-hydrogen) atoms. The Morgan fingerprint density at radius 3 is 2.71 bits per heavy atom. The van der Waals surface area contributed by atoms with Gasteiger partial charge in [-0.3, -0.25) is 14.5 Å². The Balaban J connectivity index is 1.45. The van der Waals surface area contributed by atoms with Crippen molar-refractivity contribution >= 4 is 34.4 Å². The molecule has 2 bridgehead atoms. The van der Waals surface area contributed by atoms with Crippen molar-refractivity contribution in [2.75, 3.05) is 6.54 Å². The van der Waals surface area contributed by atoms with Crippen LogP contribution < -0.4 is 20.9 Å². The number of hydrogen-bond donors (Lipinski definition) is 3. The minimum absolute atomic E-state index is 0.0347. The molecule has 0 spiro atoms. The molecule has 3 aliphatic heterocycles. The summed E-state index contributed by atoms with van der Waals surface area (Å²) in [7, 11) is 0. The molecule has 2 aromatic heterocycles. The van der Waals surface area contributed by atoms with Gasteiger partial charge in [0.1, 0.15) is 17.1 Å². The molecule has 3 saturated heterocycles. The molecule has 5 atom stereocenters. The lowest BCUT2D eigenvalue weighted by Gasteiger charge is -2.47. The molecule has 3 aliphatic rings. The number of aromatic nitrogens is 2. The summed E-state index contributed by atoms with van der Waals surface area (Å²) in [6.45, 7) is 9.88. The van der Waals surface area contributed by atoms with E-state index in [2.05, 4.69) is 20.6 Å². The molecule has 5 rings (SSSR count). The maximum absolute atomic E-state index is 15.1. The van der Waals surface area contributed by atoms with Crippen LogP contribution in [0.4, 0.5) is 9.18 Å². The van der Waals surface area contributed by atoms with Crippen molar-refractivity contribution in [2.24, 2.45) is 0 Å². The molecule has 5 heterocycles. The van der Waals surface area contributed by atoms with Crippen LogP contribution in [0.25, 0.3) is 10.8 Å². The summed E-state index contributed by atoms with van der Waals surface area (Å²) in [4.78, 5) is 46.6. The molecule has 206 valence electrons. The molecular formula is C26H33ClFN5O5. The SMILES string of the molecule is C[C@H](Oc1nc(Cl)c(F)c2cc(C3CCC(=O)N3)[nH]c(=O)c12)[C@H]1NC[C@@]2(C)CC[C@@H]1N2C(=O)OC(C)(C)C. The Labute approximate surface area is 224 Å². The zero-order valence-electron chi connectivity index (χ0n) is 22.1. The Morgan fingerprint density at radius 2 is 2.05 bits per heavy atom. The second-order valence-corrected chi connectivity index (χ2v) is 12.1. The molecule has 0 saturated carbocycles. The predicted octanol–water partition coefficient (Wildman–Crippen LogP) is 3.56. The highest BCUT2D eigenvalue weighted by Crippen LogP contribution is 2.41. The van der Waals surface area contributed by atoms with Gasteiger partial charge in [-0.25, -0.2) is 9.18 Å². The summed E-state index contributed by atoms with van der Waals surface area (Å²) in [5.41, 5.74) is -1.23. The molecule has 0 aliphatic carbocycles. The molecule has 2 aromatic rings. The minimum Gasteiger partial charge on any atom is -0.472 e. The van der Waals surface area contributed by atoms with Gasteiger partial charge in [0.05, 0.1) is 23.7 Å². The van der Waals surface area contributed by atoms with Gasteiger partial charge in [0.15, 0.2) is 11.0 Å². The number of amides is 2. The van der Waals surface area contributed by atoms with Crippen LogP contribution in [0.15, 0.2) is 10.9 Å². The van der Waals surface area contributed by atoms with Crippen molar-refractivity contribution in [1.82, 2.24) is 25.5 Å². The molecule has 3 fully saturated rings. The Bertz CT molecular complexity index is 1360. The first kappa shape index (κ1) is 26.7. The van der Waals surface area contributed by atoms with Gasteiger partial charge in [0.2, 0.25) is 11.8 Å². The second-order valence-electron chi connectivity index (χ2n) is 11.7. The fourth-order valence-corrected chi connectivity index (χ4v) is 6.06. The van der Waals surface area contributed by atoms with Gasteiger partial charge in [-0.2, -0.15) is 4.98 Å². The van der Waals surface area contributed by atoms with Gasteiger partial charge in [0, 0.05) is 24.0 Å². The highest BCUT2D eigenvalue weighted by atomic mass is 35.5. The lowest BCUT2D eigenvalue weighted by atomic mass is 9.96. The highest BCUT2D eigenvalue weighted by molar-refractivity contribution is 6.30. The number of fused-ring (bicyclic) bond motifs is 3. The van der Waals surface area contributed by atoms with E-state index in [1.165, 1.54) is 6.07 Å². The first-order valence-electron chi connectivity index (χ1n) is 12.9.